The van der Waals surface area contributed by atoms with Gasteiger partial charge in [0.05, 0.1) is 12.2 Å². The van der Waals surface area contributed by atoms with Gasteiger partial charge in [-0.2, -0.15) is 13.2 Å². The van der Waals surface area contributed by atoms with E-state index in [1.165, 1.54) is 40.1 Å². The minimum atomic E-state index is -4.52. The Bertz CT molecular complexity index is 1290. The number of benzene rings is 2. The van der Waals surface area contributed by atoms with E-state index in [0.717, 1.165) is 12.8 Å². The molecule has 2 atom stereocenters. The predicted molar refractivity (Wildman–Crippen MR) is 145 cm³/mol. The topological polar surface area (TPSA) is 70.1 Å². The average molecular weight is 617 g/mol. The van der Waals surface area contributed by atoms with E-state index in [2.05, 4.69) is 0 Å². The van der Waals surface area contributed by atoms with Gasteiger partial charge in [0.2, 0.25) is 0 Å². The van der Waals surface area contributed by atoms with Crippen LogP contribution in [0.1, 0.15) is 72.0 Å². The van der Waals surface area contributed by atoms with Crippen molar-refractivity contribution in [3.8, 4) is 5.75 Å². The first kappa shape index (κ1) is 29.9. The third-order valence-electron chi connectivity index (χ3n) is 8.15. The summed E-state index contributed by atoms with van der Waals surface area (Å²) in [4.78, 5) is 27.2. The zero-order valence-corrected chi connectivity index (χ0v) is 23.6. The van der Waals surface area contributed by atoms with Gasteiger partial charge in [-0.25, -0.2) is 9.18 Å². The van der Waals surface area contributed by atoms with E-state index in [4.69, 9.17) is 27.9 Å². The summed E-state index contributed by atoms with van der Waals surface area (Å²) in [5.74, 6) is -2.14. The lowest BCUT2D eigenvalue weighted by Gasteiger charge is -2.38. The molecule has 222 valence electrons. The van der Waals surface area contributed by atoms with Gasteiger partial charge in [0, 0.05) is 22.7 Å². The van der Waals surface area contributed by atoms with Crippen molar-refractivity contribution in [3.05, 3.63) is 62.9 Å². The number of halogens is 6. The van der Waals surface area contributed by atoms with Crippen molar-refractivity contribution in [1.82, 2.24) is 9.80 Å². The fourth-order valence-corrected chi connectivity index (χ4v) is 6.46. The number of carboxylic acids is 1. The zero-order chi connectivity index (χ0) is 29.5. The molecule has 1 saturated carbocycles. The Hall–Kier alpha value is -2.56. The Kier molecular flexibility index (Phi) is 8.74. The quantitative estimate of drug-likeness (QED) is 0.321. The second kappa shape index (κ2) is 12.0. The number of carboxylic acid groups (broad SMARTS) is 1. The van der Waals surface area contributed by atoms with Gasteiger partial charge in [-0.1, -0.05) is 23.2 Å². The Morgan fingerprint density at radius 3 is 2.22 bits per heavy atom. The summed E-state index contributed by atoms with van der Waals surface area (Å²) in [5.41, 5.74) is 0.528. The van der Waals surface area contributed by atoms with Crippen LogP contribution in [0.25, 0.3) is 0 Å². The number of aliphatic carboxylic acids is 1. The number of carbonyl (C=O) groups is 2. The number of carbonyl (C=O) groups excluding carboxylic acids is 1. The fraction of sp³-hybridized carbons (Fsp3) is 0.517. The number of amides is 1. The molecule has 5 rings (SSSR count). The molecule has 6 nitrogen and oxygen atoms in total. The predicted octanol–water partition coefficient (Wildman–Crippen LogP) is 7.09. The number of alkyl halides is 3. The lowest BCUT2D eigenvalue weighted by Crippen LogP contribution is -2.43. The van der Waals surface area contributed by atoms with Crippen molar-refractivity contribution in [2.45, 2.75) is 62.7 Å². The summed E-state index contributed by atoms with van der Waals surface area (Å²) in [6.45, 7) is 0.818. The highest BCUT2D eigenvalue weighted by atomic mass is 35.5. The third kappa shape index (κ3) is 6.75. The van der Waals surface area contributed by atoms with Gasteiger partial charge < -0.3 is 14.7 Å². The summed E-state index contributed by atoms with van der Waals surface area (Å²) in [7, 11) is 0. The van der Waals surface area contributed by atoms with E-state index in [9.17, 15) is 27.9 Å². The van der Waals surface area contributed by atoms with Gasteiger partial charge >= 0.3 is 12.1 Å². The van der Waals surface area contributed by atoms with Crippen LogP contribution in [0.15, 0.2) is 30.3 Å². The van der Waals surface area contributed by atoms with Crippen molar-refractivity contribution in [2.75, 3.05) is 26.2 Å². The van der Waals surface area contributed by atoms with E-state index >= 15 is 4.39 Å². The molecule has 0 radical (unpaired) electrons. The molecule has 1 N–H and O–H groups in total. The van der Waals surface area contributed by atoms with Crippen LogP contribution >= 0.6 is 23.2 Å². The molecule has 0 spiro atoms. The second-order valence-electron chi connectivity index (χ2n) is 11.1. The van der Waals surface area contributed by atoms with Crippen LogP contribution in [0.3, 0.4) is 0 Å². The number of piperidine rings is 1. The molecule has 1 unspecified atom stereocenters. The summed E-state index contributed by atoms with van der Waals surface area (Å²) in [5, 5.41) is 9.70. The summed E-state index contributed by atoms with van der Waals surface area (Å²) in [6.07, 6.45) is -1.03. The molecule has 12 heteroatoms. The highest BCUT2D eigenvalue weighted by molar-refractivity contribution is 6.34. The minimum absolute atomic E-state index is 0.00695. The molecule has 3 fully saturated rings. The highest BCUT2D eigenvalue weighted by Gasteiger charge is 2.46. The molecule has 2 aromatic carbocycles. The van der Waals surface area contributed by atoms with Crippen molar-refractivity contribution >= 4 is 35.1 Å². The normalized spacial score (nSPS) is 21.2. The Labute approximate surface area is 245 Å². The second-order valence-corrected chi connectivity index (χ2v) is 11.9. The zero-order valence-electron chi connectivity index (χ0n) is 22.1. The Morgan fingerprint density at radius 1 is 0.976 bits per heavy atom. The number of likely N-dealkylation sites (tertiary alicyclic amines) is 2. The first-order chi connectivity index (χ1) is 19.4. The number of ether oxygens (including phenoxy) is 1. The maximum absolute atomic E-state index is 15.2. The van der Waals surface area contributed by atoms with E-state index in [1.54, 1.807) is 0 Å². The maximum atomic E-state index is 15.2. The number of hydrogen-bond donors (Lipinski definition) is 1. The van der Waals surface area contributed by atoms with E-state index in [1.807, 2.05) is 0 Å². The van der Waals surface area contributed by atoms with E-state index in [0.29, 0.717) is 37.0 Å². The molecule has 41 heavy (non-hydrogen) atoms. The number of hydrogen-bond acceptors (Lipinski definition) is 4. The lowest BCUT2D eigenvalue weighted by molar-refractivity contribution is -0.190. The maximum Gasteiger partial charge on any atom is 0.408 e. The van der Waals surface area contributed by atoms with Gasteiger partial charge in [-0.05, 0) is 98.8 Å². The molecule has 2 heterocycles. The van der Waals surface area contributed by atoms with Crippen LogP contribution in [0.5, 0.6) is 5.75 Å². The van der Waals surface area contributed by atoms with Crippen molar-refractivity contribution < 1.29 is 37.0 Å². The SMILES string of the molecule is O=C(O)C1CCCN1C(=O)c1cc(C2CC2)c(OCC2CCN([C@H](c3cc(Cl)cc(Cl)c3)C(F)(F)F)CC2)cc1F. The van der Waals surface area contributed by atoms with Crippen LogP contribution < -0.4 is 4.74 Å². The van der Waals surface area contributed by atoms with Crippen LogP contribution in [0.4, 0.5) is 17.6 Å². The first-order valence-electron chi connectivity index (χ1n) is 13.7. The van der Waals surface area contributed by atoms with E-state index in [-0.39, 0.29) is 59.2 Å². The molecular weight excluding hydrogens is 587 g/mol. The molecule has 1 aliphatic carbocycles. The number of rotatable bonds is 8. The van der Waals surface area contributed by atoms with Gasteiger partial charge in [-0.3, -0.25) is 9.69 Å². The lowest BCUT2D eigenvalue weighted by atomic mass is 9.94. The molecule has 0 aromatic heterocycles. The monoisotopic (exact) mass is 616 g/mol. The van der Waals surface area contributed by atoms with Crippen molar-refractivity contribution in [1.29, 1.82) is 0 Å². The molecular formula is C29H30Cl2F4N2O4. The Balaban J connectivity index is 1.25. The minimum Gasteiger partial charge on any atom is -0.493 e. The van der Waals surface area contributed by atoms with Crippen LogP contribution in [-0.4, -0.2) is 65.2 Å². The molecule has 0 bridgehead atoms. The van der Waals surface area contributed by atoms with Gasteiger partial charge in [0.25, 0.3) is 5.91 Å². The molecule has 3 aliphatic rings. The van der Waals surface area contributed by atoms with E-state index < -0.39 is 36.0 Å². The highest BCUT2D eigenvalue weighted by Crippen LogP contribution is 2.46. The van der Waals surface area contributed by atoms with Crippen LogP contribution in [0.2, 0.25) is 10.0 Å². The largest absolute Gasteiger partial charge is 0.493 e. The smallest absolute Gasteiger partial charge is 0.408 e. The van der Waals surface area contributed by atoms with Gasteiger partial charge in [0.15, 0.2) is 0 Å². The van der Waals surface area contributed by atoms with Crippen molar-refractivity contribution in [3.63, 3.8) is 0 Å². The average Bonchev–Trinajstić information content (AvgIpc) is 3.61. The van der Waals surface area contributed by atoms with Gasteiger partial charge in [0.1, 0.15) is 23.7 Å². The molecule has 2 aliphatic heterocycles. The summed E-state index contributed by atoms with van der Waals surface area (Å²) in [6, 6.07) is 3.82. The molecule has 2 aromatic rings. The number of nitrogens with zero attached hydrogens (tertiary/aromatic N) is 2. The Morgan fingerprint density at radius 2 is 1.63 bits per heavy atom. The fourth-order valence-electron chi connectivity index (χ4n) is 5.92. The van der Waals surface area contributed by atoms with Crippen molar-refractivity contribution in [2.24, 2.45) is 5.92 Å². The van der Waals surface area contributed by atoms with Crippen LogP contribution in [0, 0.1) is 11.7 Å². The molecule has 1 amide bonds. The van der Waals surface area contributed by atoms with Crippen LogP contribution in [-0.2, 0) is 4.79 Å². The standard InChI is InChI=1S/C29H30Cl2F4N2O4/c30-19-10-18(11-20(31)12-19)26(29(33,34)35)36-8-5-16(6-9-36)15-41-25-14-23(32)22(13-21(25)17-3-4-17)27(38)37-7-1-2-24(37)28(39)40/h10-14,16-17,24,26H,1-9,15H2,(H,39,40)/t24?,26-/m1/s1. The molecule has 2 saturated heterocycles. The first-order valence-corrected chi connectivity index (χ1v) is 14.4. The third-order valence-corrected chi connectivity index (χ3v) is 8.58. The summed E-state index contributed by atoms with van der Waals surface area (Å²) < 4.78 is 63.5. The summed E-state index contributed by atoms with van der Waals surface area (Å²) >= 11 is 12.0. The van der Waals surface area contributed by atoms with Gasteiger partial charge in [-0.15, -0.1) is 0 Å².